The van der Waals surface area contributed by atoms with Crippen LogP contribution in [0.15, 0.2) is 79.0 Å². The van der Waals surface area contributed by atoms with Crippen molar-refractivity contribution in [3.63, 3.8) is 0 Å². The highest BCUT2D eigenvalue weighted by Crippen LogP contribution is 2.37. The van der Waals surface area contributed by atoms with E-state index in [0.717, 1.165) is 5.69 Å². The molecule has 0 aliphatic carbocycles. The minimum Gasteiger partial charge on any atom is -0.383 e. The zero-order valence-electron chi connectivity index (χ0n) is 22.3. The number of nitriles is 1. The number of nitrogens with one attached hydrogen (secondary N) is 4. The normalized spacial score (nSPS) is 14.7. The molecule has 4 aromatic rings. The number of aromatic nitrogens is 2. The van der Waals surface area contributed by atoms with E-state index >= 15 is 0 Å². The molecule has 1 unspecified atom stereocenters. The molecule has 40 heavy (non-hydrogen) atoms. The highest BCUT2D eigenvalue weighted by molar-refractivity contribution is 6.36. The van der Waals surface area contributed by atoms with Gasteiger partial charge >= 0.3 is 0 Å². The van der Waals surface area contributed by atoms with Gasteiger partial charge in [-0.1, -0.05) is 44.5 Å². The van der Waals surface area contributed by atoms with E-state index in [-0.39, 0.29) is 11.2 Å². The number of pyridine rings is 2. The third kappa shape index (κ3) is 5.52. The van der Waals surface area contributed by atoms with Gasteiger partial charge in [-0.2, -0.15) is 5.26 Å². The van der Waals surface area contributed by atoms with Crippen LogP contribution < -0.4 is 26.6 Å². The van der Waals surface area contributed by atoms with Crippen LogP contribution in [0.5, 0.6) is 0 Å². The second-order valence-electron chi connectivity index (χ2n) is 10.7. The Balaban J connectivity index is 1.60. The maximum Gasteiger partial charge on any atom is 0.123 e. The summed E-state index contributed by atoms with van der Waals surface area (Å²) < 4.78 is 13.9. The number of hydrazine groups is 2. The van der Waals surface area contributed by atoms with Crippen LogP contribution in [-0.4, -0.2) is 24.4 Å². The van der Waals surface area contributed by atoms with Crippen LogP contribution >= 0.6 is 11.6 Å². The van der Waals surface area contributed by atoms with Crippen LogP contribution in [0.1, 0.15) is 31.9 Å². The summed E-state index contributed by atoms with van der Waals surface area (Å²) in [7, 11) is 7.08. The SMILES string of the molecule is [B]C(Nc1cc(Cl)c2ncc(C#N)c(NCC(C)(C)C)c2c1)(C1=CN(c2cccnc2)NN1)c1ccc(F)cc1. The zero-order valence-corrected chi connectivity index (χ0v) is 23.0. The summed E-state index contributed by atoms with van der Waals surface area (Å²) in [4.78, 5) is 8.61. The summed E-state index contributed by atoms with van der Waals surface area (Å²) in [5, 5.41) is 19.4. The lowest BCUT2D eigenvalue weighted by molar-refractivity contribution is 0.443. The fraction of sp³-hybridized carbons (Fsp3) is 0.207. The van der Waals surface area contributed by atoms with E-state index < -0.39 is 5.44 Å². The van der Waals surface area contributed by atoms with Crippen molar-refractivity contribution in [3.05, 3.63) is 101 Å². The van der Waals surface area contributed by atoms with Gasteiger partial charge in [-0.3, -0.25) is 15.0 Å². The average Bonchev–Trinajstić information content (AvgIpc) is 3.43. The van der Waals surface area contributed by atoms with Crippen LogP contribution in [0.3, 0.4) is 0 Å². The van der Waals surface area contributed by atoms with Crippen molar-refractivity contribution in [2.45, 2.75) is 26.2 Å². The van der Waals surface area contributed by atoms with Gasteiger partial charge in [-0.25, -0.2) is 4.39 Å². The molecule has 0 spiro atoms. The second-order valence-corrected chi connectivity index (χ2v) is 11.1. The largest absolute Gasteiger partial charge is 0.383 e. The molecule has 3 heterocycles. The molecule has 0 amide bonds. The molecule has 200 valence electrons. The Morgan fingerprint density at radius 1 is 1.15 bits per heavy atom. The highest BCUT2D eigenvalue weighted by Gasteiger charge is 2.34. The van der Waals surface area contributed by atoms with Crippen LogP contribution in [-0.2, 0) is 5.44 Å². The van der Waals surface area contributed by atoms with Crippen molar-refractivity contribution in [1.82, 2.24) is 20.9 Å². The Bertz CT molecular complexity index is 1620. The van der Waals surface area contributed by atoms with Crippen molar-refractivity contribution in [2.75, 3.05) is 22.2 Å². The van der Waals surface area contributed by atoms with Gasteiger partial charge in [0.2, 0.25) is 0 Å². The molecule has 11 heteroatoms. The standard InChI is InChI=1S/C29H27BClFN8/c1-28(2,3)17-36-26-18(13-33)14-35-27-23(26)11-21(12-24(27)31)37-29(30,19-6-8-20(32)9-7-19)25-16-40(39-38-25)22-5-4-10-34-15-22/h4-12,14-16,37-39H,17H2,1-3H3,(H,35,36). The number of hydrogen-bond donors (Lipinski definition) is 4. The first-order valence-electron chi connectivity index (χ1n) is 12.6. The molecule has 0 bridgehead atoms. The van der Waals surface area contributed by atoms with E-state index in [1.165, 1.54) is 18.3 Å². The fourth-order valence-electron chi connectivity index (χ4n) is 4.35. The molecular weight excluding hydrogens is 526 g/mol. The number of anilines is 3. The highest BCUT2D eigenvalue weighted by atomic mass is 35.5. The van der Waals surface area contributed by atoms with E-state index in [1.807, 2.05) is 18.2 Å². The fourth-order valence-corrected chi connectivity index (χ4v) is 4.61. The molecule has 2 radical (unpaired) electrons. The monoisotopic (exact) mass is 552 g/mol. The number of nitrogens with zero attached hydrogens (tertiary/aromatic N) is 4. The van der Waals surface area contributed by atoms with Gasteiger partial charge in [-0.15, -0.1) is 5.53 Å². The Labute approximate surface area is 238 Å². The molecule has 1 aliphatic rings. The maximum absolute atomic E-state index is 13.9. The molecule has 2 aromatic carbocycles. The third-order valence-corrected chi connectivity index (χ3v) is 6.69. The molecular formula is C29H27BClFN8. The van der Waals surface area contributed by atoms with Crippen molar-refractivity contribution < 1.29 is 4.39 Å². The minimum absolute atomic E-state index is 0.0370. The minimum atomic E-state index is -1.35. The lowest BCUT2D eigenvalue weighted by Crippen LogP contribution is -2.45. The lowest BCUT2D eigenvalue weighted by Gasteiger charge is -2.34. The van der Waals surface area contributed by atoms with E-state index in [9.17, 15) is 9.65 Å². The number of hydrogen-bond acceptors (Lipinski definition) is 8. The van der Waals surface area contributed by atoms with Gasteiger partial charge in [0.15, 0.2) is 0 Å². The van der Waals surface area contributed by atoms with E-state index in [1.54, 1.807) is 41.8 Å². The van der Waals surface area contributed by atoms with Crippen LogP contribution in [0, 0.1) is 22.6 Å². The molecule has 8 nitrogen and oxygen atoms in total. The topological polar surface area (TPSA) is 101 Å². The zero-order chi connectivity index (χ0) is 28.5. The maximum atomic E-state index is 13.9. The Kier molecular flexibility index (Phi) is 7.28. The molecule has 1 atom stereocenters. The van der Waals surface area contributed by atoms with Crippen molar-refractivity contribution >= 4 is 47.4 Å². The van der Waals surface area contributed by atoms with Crippen molar-refractivity contribution in [3.8, 4) is 6.07 Å². The van der Waals surface area contributed by atoms with E-state index in [4.69, 9.17) is 19.4 Å². The summed E-state index contributed by atoms with van der Waals surface area (Å²) in [6.45, 7) is 6.93. The molecule has 0 saturated carbocycles. The van der Waals surface area contributed by atoms with Gasteiger partial charge < -0.3 is 16.1 Å². The molecule has 0 saturated heterocycles. The lowest BCUT2D eigenvalue weighted by atomic mass is 9.69. The molecule has 4 N–H and O–H groups in total. The predicted molar refractivity (Wildman–Crippen MR) is 158 cm³/mol. The quantitative estimate of drug-likeness (QED) is 0.221. The average molecular weight is 553 g/mol. The predicted octanol–water partition coefficient (Wildman–Crippen LogP) is 5.56. The van der Waals surface area contributed by atoms with Gasteiger partial charge in [0.1, 0.15) is 19.7 Å². The van der Waals surface area contributed by atoms with Gasteiger partial charge in [-0.05, 0) is 47.4 Å². The van der Waals surface area contributed by atoms with Gasteiger partial charge in [0, 0.05) is 36.2 Å². The number of rotatable bonds is 7. The molecule has 1 aliphatic heterocycles. The van der Waals surface area contributed by atoms with Crippen molar-refractivity contribution in [1.29, 1.82) is 5.26 Å². The third-order valence-electron chi connectivity index (χ3n) is 6.40. The molecule has 5 rings (SSSR count). The second kappa shape index (κ2) is 10.7. The van der Waals surface area contributed by atoms with Crippen LogP contribution in [0.4, 0.5) is 21.5 Å². The Morgan fingerprint density at radius 3 is 2.60 bits per heavy atom. The van der Waals surface area contributed by atoms with Gasteiger partial charge in [0.25, 0.3) is 0 Å². The summed E-state index contributed by atoms with van der Waals surface area (Å²) in [5.41, 5.74) is 8.89. The number of halogens is 2. The van der Waals surface area contributed by atoms with Crippen molar-refractivity contribution in [2.24, 2.45) is 5.41 Å². The van der Waals surface area contributed by atoms with Crippen LogP contribution in [0.25, 0.3) is 10.9 Å². The summed E-state index contributed by atoms with van der Waals surface area (Å²) in [6.07, 6.45) is 6.70. The summed E-state index contributed by atoms with van der Waals surface area (Å²) in [6, 6.07) is 15.5. The summed E-state index contributed by atoms with van der Waals surface area (Å²) >= 11 is 6.72. The molecule has 0 fully saturated rings. The summed E-state index contributed by atoms with van der Waals surface area (Å²) in [5.74, 6) is -0.381. The van der Waals surface area contributed by atoms with E-state index in [2.05, 4.69) is 58.4 Å². The first-order valence-corrected chi connectivity index (χ1v) is 13.0. The smallest absolute Gasteiger partial charge is 0.123 e. The van der Waals surface area contributed by atoms with Gasteiger partial charge in [0.05, 0.1) is 44.8 Å². The van der Waals surface area contributed by atoms with E-state index in [0.29, 0.717) is 50.7 Å². The number of benzene rings is 2. The van der Waals surface area contributed by atoms with Crippen LogP contribution in [0.2, 0.25) is 5.02 Å². The number of fused-ring (bicyclic) bond motifs is 1. The Morgan fingerprint density at radius 2 is 1.93 bits per heavy atom. The molecule has 2 aromatic heterocycles. The first-order chi connectivity index (χ1) is 19.1. The first kappa shape index (κ1) is 27.2. The Hall–Kier alpha value is -4.33.